The Hall–Kier alpha value is -1.69. The van der Waals surface area contributed by atoms with Crippen LogP contribution < -0.4 is 10.5 Å². The van der Waals surface area contributed by atoms with Crippen molar-refractivity contribution in [3.63, 3.8) is 0 Å². The lowest BCUT2D eigenvalue weighted by Crippen LogP contribution is -2.53. The normalized spacial score (nSPS) is 16.3. The van der Waals surface area contributed by atoms with Gasteiger partial charge in [0.25, 0.3) is 0 Å². The van der Waals surface area contributed by atoms with E-state index in [4.69, 9.17) is 5.14 Å². The Morgan fingerprint density at radius 1 is 1.06 bits per heavy atom. The van der Waals surface area contributed by atoms with E-state index in [1.807, 2.05) is 7.05 Å². The van der Waals surface area contributed by atoms with Crippen molar-refractivity contribution in [1.29, 1.82) is 0 Å². The van der Waals surface area contributed by atoms with Crippen molar-refractivity contribution >= 4 is 40.0 Å². The summed E-state index contributed by atoms with van der Waals surface area (Å²) in [7, 11) is -1.83. The summed E-state index contributed by atoms with van der Waals surface area (Å²) >= 11 is 0. The molecule has 2 aromatic rings. The average Bonchev–Trinajstić information content (AvgIpc) is 2.78. The van der Waals surface area contributed by atoms with E-state index in [9.17, 15) is 8.42 Å². The molecule has 2 aromatic carbocycles. The Bertz CT molecular complexity index is 960. The van der Waals surface area contributed by atoms with Gasteiger partial charge < -0.3 is 10.2 Å². The molecule has 1 unspecified atom stereocenters. The minimum absolute atomic E-state index is 0. The summed E-state index contributed by atoms with van der Waals surface area (Å²) in [6.07, 6.45) is 1.87. The van der Waals surface area contributed by atoms with Gasteiger partial charge in [-0.2, -0.15) is 0 Å². The summed E-state index contributed by atoms with van der Waals surface area (Å²) in [6.45, 7) is 6.85. The zero-order chi connectivity index (χ0) is 22.3. The number of halogens is 1. The van der Waals surface area contributed by atoms with Crippen LogP contribution in [0.4, 0.5) is 0 Å². The lowest BCUT2D eigenvalue weighted by Gasteiger charge is -2.40. The van der Waals surface area contributed by atoms with Crippen LogP contribution in [0.3, 0.4) is 0 Å². The first kappa shape index (κ1) is 26.6. The fourth-order valence-electron chi connectivity index (χ4n) is 4.12. The number of nitrogens with zero attached hydrogens (tertiary/aromatic N) is 3. The Labute approximate surface area is 209 Å². The molecule has 7 nitrogen and oxygen atoms in total. The van der Waals surface area contributed by atoms with Crippen LogP contribution in [0.1, 0.15) is 30.5 Å². The number of hydrogen-bond donors (Lipinski definition) is 2. The van der Waals surface area contributed by atoms with Crippen molar-refractivity contribution in [1.82, 2.24) is 15.1 Å². The standard InChI is InChI=1S/C23H33N5O2S.HI/c1-3-22(20-7-5-4-6-8-20)27-15-17-28(18-16-27)23(25-2)26-14-13-19-9-11-21(12-10-19)31(24,29)30;/h4-12,22H,3,13-18H2,1-2H3,(H,25,26)(H2,24,29,30);1H. The summed E-state index contributed by atoms with van der Waals surface area (Å²) in [4.78, 5) is 9.46. The summed E-state index contributed by atoms with van der Waals surface area (Å²) in [6, 6.07) is 17.9. The van der Waals surface area contributed by atoms with Crippen LogP contribution in [0.5, 0.6) is 0 Å². The van der Waals surface area contributed by atoms with E-state index in [-0.39, 0.29) is 28.9 Å². The van der Waals surface area contributed by atoms with Crippen LogP contribution in [-0.4, -0.2) is 63.9 Å². The van der Waals surface area contributed by atoms with E-state index in [1.165, 1.54) is 5.56 Å². The monoisotopic (exact) mass is 571 g/mol. The molecule has 0 saturated carbocycles. The molecule has 1 aliphatic heterocycles. The van der Waals surface area contributed by atoms with Gasteiger partial charge in [-0.05, 0) is 36.1 Å². The van der Waals surface area contributed by atoms with Gasteiger partial charge in [0.15, 0.2) is 5.96 Å². The summed E-state index contributed by atoms with van der Waals surface area (Å²) in [5.41, 5.74) is 2.43. The van der Waals surface area contributed by atoms with Crippen molar-refractivity contribution in [3.8, 4) is 0 Å². The molecule has 3 rings (SSSR count). The van der Waals surface area contributed by atoms with Gasteiger partial charge >= 0.3 is 0 Å². The molecule has 0 spiro atoms. The molecule has 0 aromatic heterocycles. The van der Waals surface area contributed by atoms with Crippen LogP contribution in [0, 0.1) is 0 Å². The predicted octanol–water partition coefficient (Wildman–Crippen LogP) is 2.84. The molecule has 1 saturated heterocycles. The van der Waals surface area contributed by atoms with Gasteiger partial charge in [-0.15, -0.1) is 24.0 Å². The van der Waals surface area contributed by atoms with Crippen LogP contribution in [-0.2, 0) is 16.4 Å². The van der Waals surface area contributed by atoms with Gasteiger partial charge in [0, 0.05) is 45.8 Å². The third kappa shape index (κ3) is 7.16. The fraction of sp³-hybridized carbons (Fsp3) is 0.435. The van der Waals surface area contributed by atoms with Gasteiger partial charge in [-0.3, -0.25) is 9.89 Å². The number of nitrogens with two attached hydrogens (primary N) is 1. The third-order valence-corrected chi connectivity index (χ3v) is 6.72. The second-order valence-electron chi connectivity index (χ2n) is 7.77. The van der Waals surface area contributed by atoms with Crippen LogP contribution >= 0.6 is 24.0 Å². The van der Waals surface area contributed by atoms with E-state index in [1.54, 1.807) is 24.3 Å². The van der Waals surface area contributed by atoms with Gasteiger partial charge in [-0.25, -0.2) is 13.6 Å². The Balaban J connectivity index is 0.00000363. The predicted molar refractivity (Wildman–Crippen MR) is 141 cm³/mol. The van der Waals surface area contributed by atoms with E-state index >= 15 is 0 Å². The van der Waals surface area contributed by atoms with E-state index in [0.29, 0.717) is 6.04 Å². The highest BCUT2D eigenvalue weighted by Gasteiger charge is 2.25. The number of primary sulfonamides is 1. The summed E-state index contributed by atoms with van der Waals surface area (Å²) in [5, 5.41) is 8.59. The molecule has 0 aliphatic carbocycles. The molecule has 9 heteroatoms. The van der Waals surface area contributed by atoms with E-state index < -0.39 is 10.0 Å². The number of sulfonamides is 1. The van der Waals surface area contributed by atoms with Crippen LogP contribution in [0.15, 0.2) is 64.5 Å². The second-order valence-corrected chi connectivity index (χ2v) is 9.33. The van der Waals surface area contributed by atoms with Crippen molar-refractivity contribution < 1.29 is 8.42 Å². The first-order valence-corrected chi connectivity index (χ1v) is 12.3. The fourth-order valence-corrected chi connectivity index (χ4v) is 4.64. The van der Waals surface area contributed by atoms with Crippen molar-refractivity contribution in [2.45, 2.75) is 30.7 Å². The maximum Gasteiger partial charge on any atom is 0.238 e. The van der Waals surface area contributed by atoms with E-state index in [2.05, 4.69) is 57.4 Å². The number of nitrogens with one attached hydrogen (secondary N) is 1. The number of rotatable bonds is 7. The van der Waals surface area contributed by atoms with Gasteiger partial charge in [0.05, 0.1) is 4.90 Å². The molecule has 1 fully saturated rings. The molecule has 0 amide bonds. The van der Waals surface area contributed by atoms with Crippen LogP contribution in [0.2, 0.25) is 0 Å². The molecular weight excluding hydrogens is 537 g/mol. The first-order chi connectivity index (χ1) is 14.9. The molecule has 1 aliphatic rings. The number of aliphatic imine (C=N–C) groups is 1. The summed E-state index contributed by atoms with van der Waals surface area (Å²) in [5.74, 6) is 0.911. The molecule has 32 heavy (non-hydrogen) atoms. The molecule has 3 N–H and O–H groups in total. The lowest BCUT2D eigenvalue weighted by atomic mass is 10.0. The van der Waals surface area contributed by atoms with Crippen molar-refractivity contribution in [2.24, 2.45) is 10.1 Å². The smallest absolute Gasteiger partial charge is 0.238 e. The Kier molecular flexibility index (Phi) is 10.4. The SMILES string of the molecule is CCC(c1ccccc1)N1CCN(C(=NC)NCCc2ccc(S(N)(=O)=O)cc2)CC1.I. The van der Waals surface area contributed by atoms with Gasteiger partial charge in [-0.1, -0.05) is 49.4 Å². The highest BCUT2D eigenvalue weighted by molar-refractivity contribution is 14.0. The minimum atomic E-state index is -3.65. The van der Waals surface area contributed by atoms with Crippen molar-refractivity contribution in [3.05, 3.63) is 65.7 Å². The topological polar surface area (TPSA) is 91.0 Å². The first-order valence-electron chi connectivity index (χ1n) is 10.8. The molecule has 1 heterocycles. The molecule has 176 valence electrons. The third-order valence-electron chi connectivity index (χ3n) is 5.79. The lowest BCUT2D eigenvalue weighted by molar-refractivity contribution is 0.127. The quantitative estimate of drug-likeness (QED) is 0.303. The maximum atomic E-state index is 11.4. The van der Waals surface area contributed by atoms with Crippen LogP contribution in [0.25, 0.3) is 0 Å². The largest absolute Gasteiger partial charge is 0.356 e. The van der Waals surface area contributed by atoms with Crippen molar-refractivity contribution in [2.75, 3.05) is 39.8 Å². The number of hydrogen-bond acceptors (Lipinski definition) is 4. The molecule has 0 bridgehead atoms. The van der Waals surface area contributed by atoms with E-state index in [0.717, 1.165) is 57.1 Å². The zero-order valence-electron chi connectivity index (χ0n) is 18.8. The second kappa shape index (κ2) is 12.5. The number of piperazine rings is 1. The Morgan fingerprint density at radius 3 is 2.22 bits per heavy atom. The maximum absolute atomic E-state index is 11.4. The Morgan fingerprint density at radius 2 is 1.69 bits per heavy atom. The minimum Gasteiger partial charge on any atom is -0.356 e. The molecule has 0 radical (unpaired) electrons. The van der Waals surface area contributed by atoms with Gasteiger partial charge in [0.2, 0.25) is 10.0 Å². The average molecular weight is 572 g/mol. The van der Waals surface area contributed by atoms with Gasteiger partial charge in [0.1, 0.15) is 0 Å². The zero-order valence-corrected chi connectivity index (χ0v) is 21.9. The molecule has 1 atom stereocenters. The highest BCUT2D eigenvalue weighted by Crippen LogP contribution is 2.25. The highest BCUT2D eigenvalue weighted by atomic mass is 127. The number of guanidine groups is 1. The molecular formula is C23H34IN5O2S. The number of benzene rings is 2. The summed E-state index contributed by atoms with van der Waals surface area (Å²) < 4.78 is 22.7.